The molecule has 1 aliphatic heterocycles. The van der Waals surface area contributed by atoms with Crippen molar-refractivity contribution < 1.29 is 14.6 Å². The zero-order valence-corrected chi connectivity index (χ0v) is 10.9. The Morgan fingerprint density at radius 1 is 1.21 bits per heavy atom. The van der Waals surface area contributed by atoms with Gasteiger partial charge in [-0.2, -0.15) is 0 Å². The minimum atomic E-state index is -0.0867. The largest absolute Gasteiger partial charge is 0.508 e. The van der Waals surface area contributed by atoms with Gasteiger partial charge in [0, 0.05) is 24.8 Å². The summed E-state index contributed by atoms with van der Waals surface area (Å²) < 4.78 is 5.33. The second-order valence-electron chi connectivity index (χ2n) is 5.41. The Morgan fingerprint density at radius 2 is 1.95 bits per heavy atom. The highest BCUT2D eigenvalue weighted by atomic mass is 16.5. The zero-order chi connectivity index (χ0) is 13.2. The van der Waals surface area contributed by atoms with Gasteiger partial charge in [0.15, 0.2) is 0 Å². The fraction of sp³-hybridized carbons (Fsp3) is 0.533. The number of carbonyl (C=O) groups excluding carboxylic acids is 1. The lowest BCUT2D eigenvalue weighted by atomic mass is 9.90. The first-order valence-electron chi connectivity index (χ1n) is 6.95. The molecule has 0 unspecified atom stereocenters. The Labute approximate surface area is 112 Å². The van der Waals surface area contributed by atoms with Gasteiger partial charge in [0.05, 0.1) is 0 Å². The van der Waals surface area contributed by atoms with Crippen LogP contribution in [0.25, 0.3) is 0 Å². The van der Waals surface area contributed by atoms with E-state index < -0.39 is 0 Å². The predicted molar refractivity (Wildman–Crippen MR) is 71.4 cm³/mol. The van der Waals surface area contributed by atoms with E-state index in [9.17, 15) is 9.90 Å². The zero-order valence-electron chi connectivity index (χ0n) is 10.9. The van der Waals surface area contributed by atoms with E-state index in [-0.39, 0.29) is 11.7 Å². The molecule has 1 saturated heterocycles. The molecule has 2 fully saturated rings. The normalized spacial score (nSPS) is 20.2. The van der Waals surface area contributed by atoms with E-state index >= 15 is 0 Å². The molecule has 4 heteroatoms. The highest BCUT2D eigenvalue weighted by molar-refractivity contribution is 5.95. The number of aromatic hydroxyl groups is 1. The third kappa shape index (κ3) is 2.89. The van der Waals surface area contributed by atoms with Crippen molar-refractivity contribution in [3.05, 3.63) is 29.3 Å². The minimum absolute atomic E-state index is 0.0867. The summed E-state index contributed by atoms with van der Waals surface area (Å²) in [7, 11) is 0. The maximum absolute atomic E-state index is 11.9. The SMILES string of the molecule is O=C(NC1CC1)c1ccc(C2CCOCC2)c(O)c1. The van der Waals surface area contributed by atoms with Crippen molar-refractivity contribution in [1.82, 2.24) is 5.32 Å². The van der Waals surface area contributed by atoms with Gasteiger partial charge >= 0.3 is 0 Å². The van der Waals surface area contributed by atoms with Crippen LogP contribution in [0.1, 0.15) is 47.5 Å². The van der Waals surface area contributed by atoms with Crippen molar-refractivity contribution in [1.29, 1.82) is 0 Å². The summed E-state index contributed by atoms with van der Waals surface area (Å²) in [4.78, 5) is 11.9. The maximum Gasteiger partial charge on any atom is 0.251 e. The first-order valence-corrected chi connectivity index (χ1v) is 6.95. The molecule has 2 N–H and O–H groups in total. The number of phenols is 1. The van der Waals surface area contributed by atoms with Crippen LogP contribution in [0.4, 0.5) is 0 Å². The first kappa shape index (κ1) is 12.5. The molecule has 2 aliphatic rings. The summed E-state index contributed by atoms with van der Waals surface area (Å²) in [6.45, 7) is 1.49. The topological polar surface area (TPSA) is 58.6 Å². The Morgan fingerprint density at radius 3 is 2.58 bits per heavy atom. The van der Waals surface area contributed by atoms with Crippen molar-refractivity contribution in [2.45, 2.75) is 37.6 Å². The lowest BCUT2D eigenvalue weighted by Gasteiger charge is -2.23. The van der Waals surface area contributed by atoms with Gasteiger partial charge in [0.25, 0.3) is 5.91 Å². The van der Waals surface area contributed by atoms with Gasteiger partial charge in [-0.25, -0.2) is 0 Å². The fourth-order valence-corrected chi connectivity index (χ4v) is 2.54. The van der Waals surface area contributed by atoms with Crippen LogP contribution >= 0.6 is 0 Å². The summed E-state index contributed by atoms with van der Waals surface area (Å²) in [5.41, 5.74) is 1.48. The van der Waals surface area contributed by atoms with E-state index in [4.69, 9.17) is 4.74 Å². The number of amides is 1. The molecule has 1 amide bonds. The van der Waals surface area contributed by atoms with Gasteiger partial charge in [0.2, 0.25) is 0 Å². The average Bonchev–Trinajstić information content (AvgIpc) is 3.23. The summed E-state index contributed by atoms with van der Waals surface area (Å²) in [5.74, 6) is 0.487. The van der Waals surface area contributed by atoms with Crippen molar-refractivity contribution in [2.75, 3.05) is 13.2 Å². The van der Waals surface area contributed by atoms with E-state index in [0.29, 0.717) is 17.5 Å². The number of hydrogen-bond acceptors (Lipinski definition) is 3. The van der Waals surface area contributed by atoms with Gasteiger partial charge in [-0.3, -0.25) is 4.79 Å². The van der Waals surface area contributed by atoms with E-state index in [1.165, 1.54) is 0 Å². The number of carbonyl (C=O) groups is 1. The summed E-state index contributed by atoms with van der Waals surface area (Å²) in [5, 5.41) is 13.0. The maximum atomic E-state index is 11.9. The van der Waals surface area contributed by atoms with Crippen LogP contribution in [-0.2, 0) is 4.74 Å². The molecule has 1 aromatic rings. The van der Waals surface area contributed by atoms with Crippen LogP contribution in [0.3, 0.4) is 0 Å². The van der Waals surface area contributed by atoms with Crippen molar-refractivity contribution in [3.63, 3.8) is 0 Å². The van der Waals surface area contributed by atoms with E-state index in [1.54, 1.807) is 6.07 Å². The number of phenolic OH excluding ortho intramolecular Hbond substituents is 1. The number of rotatable bonds is 3. The van der Waals surface area contributed by atoms with Crippen LogP contribution in [-0.4, -0.2) is 30.3 Å². The van der Waals surface area contributed by atoms with Crippen LogP contribution in [0.5, 0.6) is 5.75 Å². The molecule has 0 bridgehead atoms. The minimum Gasteiger partial charge on any atom is -0.508 e. The molecule has 0 radical (unpaired) electrons. The molecule has 1 saturated carbocycles. The van der Waals surface area contributed by atoms with Gasteiger partial charge in [-0.05, 0) is 49.3 Å². The summed E-state index contributed by atoms with van der Waals surface area (Å²) in [6.07, 6.45) is 4.00. The highest BCUT2D eigenvalue weighted by Gasteiger charge is 2.25. The Balaban J connectivity index is 1.74. The number of hydrogen-bond donors (Lipinski definition) is 2. The second-order valence-corrected chi connectivity index (χ2v) is 5.41. The molecule has 102 valence electrons. The van der Waals surface area contributed by atoms with E-state index in [0.717, 1.165) is 44.5 Å². The monoisotopic (exact) mass is 261 g/mol. The lowest BCUT2D eigenvalue weighted by molar-refractivity contribution is 0.0847. The molecule has 4 nitrogen and oxygen atoms in total. The van der Waals surface area contributed by atoms with Crippen LogP contribution in [0.2, 0.25) is 0 Å². The second kappa shape index (κ2) is 5.21. The molecular formula is C15H19NO3. The molecule has 1 heterocycles. The Kier molecular flexibility index (Phi) is 3.42. The highest BCUT2D eigenvalue weighted by Crippen LogP contribution is 2.33. The molecule has 19 heavy (non-hydrogen) atoms. The van der Waals surface area contributed by atoms with Gasteiger partial charge in [-0.15, -0.1) is 0 Å². The third-order valence-electron chi connectivity index (χ3n) is 3.87. The molecular weight excluding hydrogens is 242 g/mol. The standard InChI is InChI=1S/C15H19NO3/c17-14-9-11(15(18)16-12-2-3-12)1-4-13(14)10-5-7-19-8-6-10/h1,4,9-10,12,17H,2-3,5-8H2,(H,16,18). The average molecular weight is 261 g/mol. The number of benzene rings is 1. The van der Waals surface area contributed by atoms with Crippen molar-refractivity contribution >= 4 is 5.91 Å². The number of ether oxygens (including phenoxy) is 1. The van der Waals surface area contributed by atoms with Crippen LogP contribution in [0, 0.1) is 0 Å². The lowest BCUT2D eigenvalue weighted by Crippen LogP contribution is -2.25. The van der Waals surface area contributed by atoms with Gasteiger partial charge in [0.1, 0.15) is 5.75 Å². The molecule has 1 aliphatic carbocycles. The van der Waals surface area contributed by atoms with Crippen LogP contribution in [0.15, 0.2) is 18.2 Å². The third-order valence-corrected chi connectivity index (χ3v) is 3.87. The molecule has 3 rings (SSSR count). The van der Waals surface area contributed by atoms with Crippen molar-refractivity contribution in [3.8, 4) is 5.75 Å². The van der Waals surface area contributed by atoms with Gasteiger partial charge < -0.3 is 15.2 Å². The summed E-state index contributed by atoms with van der Waals surface area (Å²) >= 11 is 0. The first-order chi connectivity index (χ1) is 9.24. The van der Waals surface area contributed by atoms with Crippen molar-refractivity contribution in [2.24, 2.45) is 0 Å². The Bertz CT molecular complexity index is 476. The molecule has 1 aromatic carbocycles. The van der Waals surface area contributed by atoms with E-state index in [2.05, 4.69) is 5.32 Å². The number of nitrogens with one attached hydrogen (secondary N) is 1. The Hall–Kier alpha value is -1.55. The van der Waals surface area contributed by atoms with Gasteiger partial charge in [-0.1, -0.05) is 6.07 Å². The summed E-state index contributed by atoms with van der Waals surface area (Å²) in [6, 6.07) is 5.61. The molecule has 0 spiro atoms. The van der Waals surface area contributed by atoms with E-state index in [1.807, 2.05) is 12.1 Å². The smallest absolute Gasteiger partial charge is 0.251 e. The fourth-order valence-electron chi connectivity index (χ4n) is 2.54. The predicted octanol–water partition coefficient (Wildman–Crippen LogP) is 2.18. The van der Waals surface area contributed by atoms with Crippen LogP contribution < -0.4 is 5.32 Å². The molecule has 0 aromatic heterocycles. The molecule has 0 atom stereocenters. The quantitative estimate of drug-likeness (QED) is 0.876.